The molecule has 1 aromatic heterocycles. The predicted octanol–water partition coefficient (Wildman–Crippen LogP) is 4.01. The molecule has 2 fully saturated rings. The smallest absolute Gasteiger partial charge is 0.253 e. The first-order valence-electron chi connectivity index (χ1n) is 8.97. The highest BCUT2D eigenvalue weighted by Crippen LogP contribution is 2.32. The Balaban J connectivity index is 1.49. The van der Waals surface area contributed by atoms with E-state index in [-0.39, 0.29) is 5.91 Å². The van der Waals surface area contributed by atoms with E-state index < -0.39 is 0 Å². The second kappa shape index (κ2) is 7.04. The second-order valence-corrected chi connectivity index (χ2v) is 7.38. The van der Waals surface area contributed by atoms with Gasteiger partial charge in [-0.2, -0.15) is 0 Å². The number of rotatable bonds is 4. The molecule has 1 saturated heterocycles. The summed E-state index contributed by atoms with van der Waals surface area (Å²) in [5, 5.41) is 3.53. The first kappa shape index (κ1) is 16.4. The van der Waals surface area contributed by atoms with Gasteiger partial charge in [-0.25, -0.2) is 4.98 Å². The number of benzene rings is 1. The lowest BCUT2D eigenvalue weighted by Crippen LogP contribution is -2.35. The molecule has 1 saturated carbocycles. The van der Waals surface area contributed by atoms with Crippen molar-refractivity contribution in [3.8, 4) is 0 Å². The lowest BCUT2D eigenvalue weighted by molar-refractivity contribution is 0.0950. The van der Waals surface area contributed by atoms with Gasteiger partial charge < -0.3 is 10.2 Å². The van der Waals surface area contributed by atoms with Gasteiger partial charge in [-0.1, -0.05) is 41.9 Å². The molecule has 0 spiro atoms. The molecule has 25 heavy (non-hydrogen) atoms. The lowest BCUT2D eigenvalue weighted by atomic mass is 9.91. The third-order valence-electron chi connectivity index (χ3n) is 4.99. The average molecular weight is 356 g/mol. The van der Waals surface area contributed by atoms with E-state index in [2.05, 4.69) is 39.5 Å². The number of hydrogen-bond donors (Lipinski definition) is 1. The third-order valence-corrected chi connectivity index (χ3v) is 5.27. The molecular formula is C20H22ClN3O. The monoisotopic (exact) mass is 355 g/mol. The van der Waals surface area contributed by atoms with Gasteiger partial charge in [0, 0.05) is 31.2 Å². The van der Waals surface area contributed by atoms with E-state index in [4.69, 9.17) is 11.6 Å². The summed E-state index contributed by atoms with van der Waals surface area (Å²) in [6.45, 7) is 1.86. The maximum atomic E-state index is 12.1. The zero-order valence-corrected chi connectivity index (χ0v) is 14.9. The summed E-state index contributed by atoms with van der Waals surface area (Å²) in [6, 6.07) is 12.7. The number of amides is 1. The van der Waals surface area contributed by atoms with Gasteiger partial charge in [0.2, 0.25) is 0 Å². The van der Waals surface area contributed by atoms with Crippen molar-refractivity contribution in [3.63, 3.8) is 0 Å². The zero-order valence-electron chi connectivity index (χ0n) is 14.1. The van der Waals surface area contributed by atoms with Crippen molar-refractivity contribution in [1.29, 1.82) is 0 Å². The van der Waals surface area contributed by atoms with Crippen LogP contribution in [-0.2, 0) is 0 Å². The molecule has 1 N–H and O–H groups in total. The van der Waals surface area contributed by atoms with Crippen LogP contribution in [0.15, 0.2) is 42.6 Å². The minimum atomic E-state index is -0.0794. The van der Waals surface area contributed by atoms with Crippen molar-refractivity contribution in [2.45, 2.75) is 37.6 Å². The number of pyridine rings is 1. The van der Waals surface area contributed by atoms with Crippen molar-refractivity contribution >= 4 is 23.3 Å². The summed E-state index contributed by atoms with van der Waals surface area (Å²) in [6.07, 6.45) is 6.08. The van der Waals surface area contributed by atoms with Crippen molar-refractivity contribution < 1.29 is 4.79 Å². The van der Waals surface area contributed by atoms with Gasteiger partial charge in [0.25, 0.3) is 5.91 Å². The van der Waals surface area contributed by atoms with Crippen LogP contribution >= 0.6 is 11.6 Å². The molecule has 0 bridgehead atoms. The molecule has 2 aliphatic rings. The van der Waals surface area contributed by atoms with Crippen LogP contribution in [0.25, 0.3) is 0 Å². The van der Waals surface area contributed by atoms with E-state index in [1.807, 2.05) is 6.07 Å². The molecule has 4 rings (SSSR count). The van der Waals surface area contributed by atoms with E-state index in [9.17, 15) is 4.79 Å². The van der Waals surface area contributed by atoms with Crippen LogP contribution in [0.5, 0.6) is 0 Å². The summed E-state index contributed by atoms with van der Waals surface area (Å²) in [4.78, 5) is 18.9. The van der Waals surface area contributed by atoms with Gasteiger partial charge in [0.05, 0.1) is 10.6 Å². The topological polar surface area (TPSA) is 45.2 Å². The number of carbonyl (C=O) groups is 1. The zero-order chi connectivity index (χ0) is 17.2. The normalized spacial score (nSPS) is 20.4. The average Bonchev–Trinajstić information content (AvgIpc) is 3.46. The number of nitrogens with zero attached hydrogens (tertiary/aromatic N) is 2. The van der Waals surface area contributed by atoms with E-state index in [0.717, 1.165) is 38.2 Å². The SMILES string of the molecule is O=C(NC1CC1)c1cnc(N2CCCC(c3ccccc3)C2)c(Cl)c1. The summed E-state index contributed by atoms with van der Waals surface area (Å²) >= 11 is 6.47. The van der Waals surface area contributed by atoms with Gasteiger partial charge in [-0.15, -0.1) is 0 Å². The summed E-state index contributed by atoms with van der Waals surface area (Å²) in [7, 11) is 0. The molecule has 1 aromatic carbocycles. The van der Waals surface area contributed by atoms with Crippen LogP contribution in [-0.4, -0.2) is 30.0 Å². The highest BCUT2D eigenvalue weighted by Gasteiger charge is 2.26. The van der Waals surface area contributed by atoms with Gasteiger partial charge in [-0.05, 0) is 37.3 Å². The Morgan fingerprint density at radius 3 is 2.72 bits per heavy atom. The molecule has 1 unspecified atom stereocenters. The van der Waals surface area contributed by atoms with Crippen molar-refractivity contribution in [2.75, 3.05) is 18.0 Å². The van der Waals surface area contributed by atoms with Crippen LogP contribution in [0, 0.1) is 0 Å². The molecule has 1 aliphatic carbocycles. The highest BCUT2D eigenvalue weighted by atomic mass is 35.5. The predicted molar refractivity (Wildman–Crippen MR) is 100 cm³/mol. The number of nitrogens with one attached hydrogen (secondary N) is 1. The summed E-state index contributed by atoms with van der Waals surface area (Å²) in [5.74, 6) is 1.19. The maximum absolute atomic E-state index is 12.1. The van der Waals surface area contributed by atoms with Crippen molar-refractivity contribution in [3.05, 3.63) is 58.7 Å². The third kappa shape index (κ3) is 3.79. The molecule has 5 heteroatoms. The molecule has 1 atom stereocenters. The standard InChI is InChI=1S/C20H22ClN3O/c21-18-11-16(20(25)23-17-8-9-17)12-22-19(18)24-10-4-7-15(13-24)14-5-2-1-3-6-14/h1-3,5-6,11-12,15,17H,4,7-10,13H2,(H,23,25). The summed E-state index contributed by atoms with van der Waals surface area (Å²) in [5.41, 5.74) is 1.90. The van der Waals surface area contributed by atoms with Crippen LogP contribution in [0.3, 0.4) is 0 Å². The van der Waals surface area contributed by atoms with Crippen molar-refractivity contribution in [2.24, 2.45) is 0 Å². The number of hydrogen-bond acceptors (Lipinski definition) is 3. The van der Waals surface area contributed by atoms with Gasteiger partial charge in [0.15, 0.2) is 0 Å². The van der Waals surface area contributed by atoms with Gasteiger partial charge >= 0.3 is 0 Å². The molecular weight excluding hydrogens is 334 g/mol. The Hall–Kier alpha value is -2.07. The highest BCUT2D eigenvalue weighted by molar-refractivity contribution is 6.33. The van der Waals surface area contributed by atoms with E-state index in [0.29, 0.717) is 22.5 Å². The lowest BCUT2D eigenvalue weighted by Gasteiger charge is -2.34. The first-order chi connectivity index (χ1) is 12.2. The fraction of sp³-hybridized carbons (Fsp3) is 0.400. The molecule has 2 aromatic rings. The Morgan fingerprint density at radius 2 is 2.00 bits per heavy atom. The van der Waals surface area contributed by atoms with E-state index >= 15 is 0 Å². The number of carbonyl (C=O) groups excluding carboxylic acids is 1. The van der Waals surface area contributed by atoms with Crippen LogP contribution in [0.2, 0.25) is 5.02 Å². The molecule has 1 aliphatic heterocycles. The largest absolute Gasteiger partial charge is 0.355 e. The van der Waals surface area contributed by atoms with E-state index in [1.54, 1.807) is 12.3 Å². The van der Waals surface area contributed by atoms with Crippen LogP contribution < -0.4 is 10.2 Å². The Kier molecular flexibility index (Phi) is 4.62. The number of anilines is 1. The fourth-order valence-corrected chi connectivity index (χ4v) is 3.74. The van der Waals surface area contributed by atoms with Crippen molar-refractivity contribution in [1.82, 2.24) is 10.3 Å². The van der Waals surface area contributed by atoms with Gasteiger partial charge in [0.1, 0.15) is 5.82 Å². The first-order valence-corrected chi connectivity index (χ1v) is 9.35. The van der Waals surface area contributed by atoms with E-state index in [1.165, 1.54) is 12.0 Å². The van der Waals surface area contributed by atoms with Crippen LogP contribution in [0.1, 0.15) is 47.5 Å². The Morgan fingerprint density at radius 1 is 1.20 bits per heavy atom. The fourth-order valence-electron chi connectivity index (χ4n) is 3.45. The molecule has 1 amide bonds. The molecule has 0 radical (unpaired) electrons. The quantitative estimate of drug-likeness (QED) is 0.901. The molecule has 130 valence electrons. The number of halogens is 1. The second-order valence-electron chi connectivity index (χ2n) is 6.97. The minimum absolute atomic E-state index is 0.0794. The minimum Gasteiger partial charge on any atom is -0.355 e. The van der Waals surface area contributed by atoms with Gasteiger partial charge in [-0.3, -0.25) is 4.79 Å². The molecule has 2 heterocycles. The Labute approximate surface area is 153 Å². The number of aromatic nitrogens is 1. The summed E-state index contributed by atoms with van der Waals surface area (Å²) < 4.78 is 0. The van der Waals surface area contributed by atoms with Crippen LogP contribution in [0.4, 0.5) is 5.82 Å². The number of piperidine rings is 1. The maximum Gasteiger partial charge on any atom is 0.253 e. The molecule has 4 nitrogen and oxygen atoms in total. The Bertz CT molecular complexity index is 761.